The molecule has 4 heterocycles. The summed E-state index contributed by atoms with van der Waals surface area (Å²) in [4.78, 5) is 53.1. The van der Waals surface area contributed by atoms with Crippen LogP contribution in [-0.4, -0.2) is 78.3 Å². The number of amides is 4. The number of hydrogen-bond acceptors (Lipinski definition) is 7. The molecule has 2 bridgehead atoms. The first-order valence-electron chi connectivity index (χ1n) is 11.5. The Morgan fingerprint density at radius 2 is 2.09 bits per heavy atom. The zero-order valence-electron chi connectivity index (χ0n) is 18.4. The molecule has 6 rings (SSSR count). The number of rotatable bonds is 4. The third-order valence-electron chi connectivity index (χ3n) is 7.73. The minimum Gasteiger partial charge on any atom is -0.394 e. The average molecular weight is 464 g/mol. The Hall–Kier alpha value is -3.60. The number of aliphatic hydroxyl groups is 1. The van der Waals surface area contributed by atoms with Gasteiger partial charge in [-0.3, -0.25) is 24.5 Å². The molecule has 0 radical (unpaired) electrons. The molecule has 3 atom stereocenters. The number of aromatic nitrogens is 3. The number of imide groups is 1. The Labute approximate surface area is 194 Å². The van der Waals surface area contributed by atoms with Gasteiger partial charge in [0.15, 0.2) is 5.69 Å². The van der Waals surface area contributed by atoms with E-state index in [1.54, 1.807) is 29.3 Å². The van der Waals surface area contributed by atoms with Crippen molar-refractivity contribution in [3.8, 4) is 5.69 Å². The van der Waals surface area contributed by atoms with Gasteiger partial charge in [-0.15, -0.1) is 5.10 Å². The van der Waals surface area contributed by atoms with Crippen molar-refractivity contribution in [3.63, 3.8) is 0 Å². The van der Waals surface area contributed by atoms with Gasteiger partial charge in [0.25, 0.3) is 11.8 Å². The van der Waals surface area contributed by atoms with Gasteiger partial charge in [0.2, 0.25) is 11.8 Å². The lowest BCUT2D eigenvalue weighted by molar-refractivity contribution is -0.136. The molecular weight excluding hydrogens is 440 g/mol. The smallest absolute Gasteiger partial charge is 0.276 e. The van der Waals surface area contributed by atoms with Crippen molar-refractivity contribution in [1.29, 1.82) is 0 Å². The minimum atomic E-state index is -0.675. The molecule has 2 N–H and O–H groups in total. The molecule has 1 aromatic carbocycles. The second-order valence-electron chi connectivity index (χ2n) is 9.70. The summed E-state index contributed by atoms with van der Waals surface area (Å²) in [5.74, 6) is -0.880. The summed E-state index contributed by atoms with van der Waals surface area (Å²) >= 11 is 0. The fourth-order valence-corrected chi connectivity index (χ4v) is 5.91. The maximum atomic E-state index is 13.1. The topological polar surface area (TPSA) is 138 Å². The predicted octanol–water partition coefficient (Wildman–Crippen LogP) is 0.0153. The minimum absolute atomic E-state index is 0.0556. The van der Waals surface area contributed by atoms with Crippen molar-refractivity contribution >= 4 is 23.6 Å². The van der Waals surface area contributed by atoms with Crippen LogP contribution in [0.15, 0.2) is 24.4 Å². The fourth-order valence-electron chi connectivity index (χ4n) is 5.91. The lowest BCUT2D eigenvalue weighted by atomic mass is 9.98. The van der Waals surface area contributed by atoms with Gasteiger partial charge in [0.05, 0.1) is 24.0 Å². The summed E-state index contributed by atoms with van der Waals surface area (Å²) in [5, 5.41) is 20.4. The largest absolute Gasteiger partial charge is 0.394 e. The van der Waals surface area contributed by atoms with Crippen molar-refractivity contribution in [2.24, 2.45) is 5.92 Å². The quantitative estimate of drug-likeness (QED) is 0.608. The van der Waals surface area contributed by atoms with Gasteiger partial charge in [0.1, 0.15) is 6.04 Å². The molecule has 3 aliphatic heterocycles. The maximum absolute atomic E-state index is 13.1. The van der Waals surface area contributed by atoms with Crippen LogP contribution in [0, 0.1) is 5.92 Å². The van der Waals surface area contributed by atoms with E-state index in [-0.39, 0.29) is 36.4 Å². The third-order valence-corrected chi connectivity index (χ3v) is 7.73. The van der Waals surface area contributed by atoms with Gasteiger partial charge >= 0.3 is 0 Å². The van der Waals surface area contributed by atoms with E-state index in [2.05, 4.69) is 15.6 Å². The molecule has 1 aliphatic carbocycles. The number of carbonyl (C=O) groups excluding carboxylic acids is 4. The highest BCUT2D eigenvalue weighted by Crippen LogP contribution is 2.46. The van der Waals surface area contributed by atoms with Crippen LogP contribution in [-0.2, 0) is 16.1 Å². The predicted molar refractivity (Wildman–Crippen MR) is 116 cm³/mol. The van der Waals surface area contributed by atoms with E-state index in [0.717, 1.165) is 24.8 Å². The fraction of sp³-hybridized carbons (Fsp3) is 0.478. The van der Waals surface area contributed by atoms with Gasteiger partial charge in [0, 0.05) is 25.1 Å². The summed E-state index contributed by atoms with van der Waals surface area (Å²) in [6, 6.07) is 4.60. The highest BCUT2D eigenvalue weighted by Gasteiger charge is 2.52. The molecule has 1 aromatic heterocycles. The number of nitrogens with one attached hydrogen (secondary N) is 1. The van der Waals surface area contributed by atoms with E-state index in [4.69, 9.17) is 0 Å². The zero-order chi connectivity index (χ0) is 23.6. The van der Waals surface area contributed by atoms with Crippen molar-refractivity contribution in [2.45, 2.75) is 50.2 Å². The zero-order valence-corrected chi connectivity index (χ0v) is 18.4. The van der Waals surface area contributed by atoms with E-state index < -0.39 is 17.5 Å². The number of fused-ring (bicyclic) bond motifs is 3. The van der Waals surface area contributed by atoms with E-state index in [0.29, 0.717) is 36.7 Å². The van der Waals surface area contributed by atoms with Crippen LogP contribution < -0.4 is 5.32 Å². The molecule has 4 amide bonds. The normalized spacial score (nSPS) is 28.0. The lowest BCUT2D eigenvalue weighted by Crippen LogP contribution is -2.52. The number of carbonyl (C=O) groups is 4. The van der Waals surface area contributed by atoms with Crippen molar-refractivity contribution < 1.29 is 24.3 Å². The van der Waals surface area contributed by atoms with Gasteiger partial charge in [-0.2, -0.15) is 0 Å². The molecule has 2 saturated heterocycles. The first-order valence-corrected chi connectivity index (χ1v) is 11.5. The standard InChI is InChI=1S/C23H24N6O5/c30-12-23-6-5-13(8-23)9-28(23)22(34)17-11-29(26-25-17)15-2-1-14-10-27(21(33)16(14)7-15)18-3-4-19(31)24-20(18)32/h1-2,7,11,13,18,30H,3-6,8-10,12H2,(H,24,31,32). The van der Waals surface area contributed by atoms with Gasteiger partial charge in [-0.25, -0.2) is 4.68 Å². The molecule has 3 fully saturated rings. The summed E-state index contributed by atoms with van der Waals surface area (Å²) in [7, 11) is 0. The Bertz CT molecular complexity index is 1240. The average Bonchev–Trinajstić information content (AvgIpc) is 3.62. The van der Waals surface area contributed by atoms with Gasteiger partial charge in [-0.1, -0.05) is 11.3 Å². The number of piperidine rings is 2. The highest BCUT2D eigenvalue weighted by atomic mass is 16.3. The number of hydrogen-bond donors (Lipinski definition) is 2. The third kappa shape index (κ3) is 3.07. The van der Waals surface area contributed by atoms with Gasteiger partial charge < -0.3 is 14.9 Å². The van der Waals surface area contributed by atoms with E-state index >= 15 is 0 Å². The van der Waals surface area contributed by atoms with Crippen LogP contribution in [0.5, 0.6) is 0 Å². The molecule has 1 saturated carbocycles. The molecule has 0 spiro atoms. The molecule has 3 unspecified atom stereocenters. The Balaban J connectivity index is 1.22. The van der Waals surface area contributed by atoms with Crippen LogP contribution in [0.4, 0.5) is 0 Å². The Kier molecular flexibility index (Phi) is 4.60. The van der Waals surface area contributed by atoms with Gasteiger partial charge in [-0.05, 0) is 49.3 Å². The number of aliphatic hydroxyl groups excluding tert-OH is 1. The van der Waals surface area contributed by atoms with E-state index in [9.17, 15) is 24.3 Å². The molecule has 11 heteroatoms. The lowest BCUT2D eigenvalue weighted by Gasteiger charge is -2.36. The second kappa shape index (κ2) is 7.45. The number of likely N-dealkylation sites (tertiary alicyclic amines) is 1. The first kappa shape index (κ1) is 21.0. The first-order chi connectivity index (χ1) is 16.4. The summed E-state index contributed by atoms with van der Waals surface area (Å²) in [6.07, 6.45) is 4.69. The summed E-state index contributed by atoms with van der Waals surface area (Å²) in [6.45, 7) is 0.858. The van der Waals surface area contributed by atoms with Crippen molar-refractivity contribution in [3.05, 3.63) is 41.2 Å². The Morgan fingerprint density at radius 1 is 1.24 bits per heavy atom. The van der Waals surface area contributed by atoms with E-state index in [1.807, 2.05) is 0 Å². The van der Waals surface area contributed by atoms with Crippen LogP contribution in [0.1, 0.15) is 58.5 Å². The summed E-state index contributed by atoms with van der Waals surface area (Å²) in [5.41, 5.74) is 1.51. The number of benzene rings is 1. The summed E-state index contributed by atoms with van der Waals surface area (Å²) < 4.78 is 1.45. The van der Waals surface area contributed by atoms with Crippen molar-refractivity contribution in [1.82, 2.24) is 30.1 Å². The molecule has 176 valence electrons. The van der Waals surface area contributed by atoms with Crippen LogP contribution in [0.2, 0.25) is 0 Å². The SMILES string of the molecule is O=C1CCC(N2Cc3ccc(-n4cc(C(=O)N5CC6CCC5(CO)C6)nn4)cc3C2=O)C(=O)N1. The molecular formula is C23H24N6O5. The number of nitrogens with zero attached hydrogens (tertiary/aromatic N) is 5. The van der Waals surface area contributed by atoms with E-state index in [1.165, 1.54) is 9.58 Å². The highest BCUT2D eigenvalue weighted by molar-refractivity contribution is 6.05. The van der Waals surface area contributed by atoms with Crippen molar-refractivity contribution in [2.75, 3.05) is 13.2 Å². The molecule has 34 heavy (non-hydrogen) atoms. The molecule has 2 aromatic rings. The molecule has 11 nitrogen and oxygen atoms in total. The van der Waals surface area contributed by atoms with Crippen LogP contribution in [0.3, 0.4) is 0 Å². The Morgan fingerprint density at radius 3 is 2.85 bits per heavy atom. The monoisotopic (exact) mass is 464 g/mol. The maximum Gasteiger partial charge on any atom is 0.276 e. The second-order valence-corrected chi connectivity index (χ2v) is 9.70. The van der Waals surface area contributed by atoms with Crippen LogP contribution in [0.25, 0.3) is 5.69 Å². The molecule has 4 aliphatic rings. The van der Waals surface area contributed by atoms with Crippen LogP contribution >= 0.6 is 0 Å².